The van der Waals surface area contributed by atoms with Crippen molar-refractivity contribution in [2.45, 2.75) is 13.2 Å². The molecule has 5 nitrogen and oxygen atoms in total. The molecule has 2 aromatic rings. The van der Waals surface area contributed by atoms with Gasteiger partial charge < -0.3 is 14.8 Å². The number of benzene rings is 2. The lowest BCUT2D eigenvalue weighted by Crippen LogP contribution is -2.49. The third-order valence-electron chi connectivity index (χ3n) is 3.91. The maximum atomic E-state index is 11.5. The van der Waals surface area contributed by atoms with Crippen LogP contribution in [0.3, 0.4) is 0 Å². The van der Waals surface area contributed by atoms with Crippen LogP contribution in [0, 0.1) is 0 Å². The van der Waals surface area contributed by atoms with Gasteiger partial charge in [-0.25, -0.2) is 0 Å². The Morgan fingerprint density at radius 1 is 1.22 bits per heavy atom. The zero-order valence-electron chi connectivity index (χ0n) is 13.3. The molecule has 1 saturated heterocycles. The average Bonchev–Trinajstić information content (AvgIpc) is 2.55. The quantitative estimate of drug-likeness (QED) is 0.858. The highest BCUT2D eigenvalue weighted by Gasteiger charge is 2.19. The van der Waals surface area contributed by atoms with Gasteiger partial charge in [0, 0.05) is 25.4 Å². The Morgan fingerprint density at radius 3 is 2.74 bits per heavy atom. The van der Waals surface area contributed by atoms with E-state index in [1.54, 1.807) is 0 Å². The maximum absolute atomic E-state index is 11.5. The van der Waals surface area contributed by atoms with Gasteiger partial charge in [0.25, 0.3) is 0 Å². The molecule has 0 bridgehead atoms. The van der Waals surface area contributed by atoms with Crippen molar-refractivity contribution < 1.29 is 14.3 Å². The molecule has 1 aliphatic heterocycles. The van der Waals surface area contributed by atoms with E-state index in [0.717, 1.165) is 42.8 Å². The third-order valence-corrected chi connectivity index (χ3v) is 3.91. The number of ether oxygens (including phenoxy) is 2. The summed E-state index contributed by atoms with van der Waals surface area (Å²) >= 11 is 0. The standard InChI is InChI=1S/C18H22N2O3/c1-14(21)19-18(13-20-9-11-22-12-10-20)23-17-8-4-6-15-5-2-3-7-16(15)17/h2-8,18H,9-13H2,1H3,(H,19,21). The molecule has 122 valence electrons. The average molecular weight is 314 g/mol. The van der Waals surface area contributed by atoms with Crippen LogP contribution in [0.15, 0.2) is 42.5 Å². The minimum Gasteiger partial charge on any atom is -0.469 e. The summed E-state index contributed by atoms with van der Waals surface area (Å²) in [5.74, 6) is 0.693. The molecule has 3 rings (SSSR count). The van der Waals surface area contributed by atoms with E-state index in [0.29, 0.717) is 6.54 Å². The van der Waals surface area contributed by atoms with Gasteiger partial charge in [0.15, 0.2) is 6.23 Å². The molecule has 2 aromatic carbocycles. The summed E-state index contributed by atoms with van der Waals surface area (Å²) in [6.07, 6.45) is -0.378. The maximum Gasteiger partial charge on any atom is 0.219 e. The molecule has 1 aliphatic rings. The SMILES string of the molecule is CC(=O)NC(CN1CCOCC1)Oc1cccc2ccccc12. The van der Waals surface area contributed by atoms with Gasteiger partial charge in [-0.1, -0.05) is 36.4 Å². The number of nitrogens with one attached hydrogen (secondary N) is 1. The lowest BCUT2D eigenvalue weighted by Gasteiger charge is -2.31. The van der Waals surface area contributed by atoms with E-state index in [1.807, 2.05) is 30.3 Å². The number of carbonyl (C=O) groups is 1. The van der Waals surface area contributed by atoms with Crippen molar-refractivity contribution in [2.75, 3.05) is 32.8 Å². The number of carbonyl (C=O) groups excluding carboxylic acids is 1. The lowest BCUT2D eigenvalue weighted by atomic mass is 10.1. The third kappa shape index (κ3) is 4.21. The van der Waals surface area contributed by atoms with Gasteiger partial charge in [0.1, 0.15) is 5.75 Å². The van der Waals surface area contributed by atoms with E-state index in [2.05, 4.69) is 22.3 Å². The van der Waals surface area contributed by atoms with Crippen LogP contribution in [0.5, 0.6) is 5.75 Å². The number of rotatable bonds is 5. The van der Waals surface area contributed by atoms with Crippen LogP contribution in [0.1, 0.15) is 6.92 Å². The molecular formula is C18H22N2O3. The van der Waals surface area contributed by atoms with Crippen LogP contribution < -0.4 is 10.1 Å². The Labute approximate surface area is 136 Å². The molecule has 0 spiro atoms. The fourth-order valence-electron chi connectivity index (χ4n) is 2.81. The molecule has 1 atom stereocenters. The number of fused-ring (bicyclic) bond motifs is 1. The molecule has 0 radical (unpaired) electrons. The van der Waals surface area contributed by atoms with Crippen LogP contribution in [0.2, 0.25) is 0 Å². The normalized spacial score (nSPS) is 16.9. The topological polar surface area (TPSA) is 50.8 Å². The van der Waals surface area contributed by atoms with Crippen molar-refractivity contribution in [3.05, 3.63) is 42.5 Å². The van der Waals surface area contributed by atoms with Crippen molar-refractivity contribution in [3.63, 3.8) is 0 Å². The molecule has 1 heterocycles. The van der Waals surface area contributed by atoms with Gasteiger partial charge in [-0.05, 0) is 11.5 Å². The molecule has 0 saturated carbocycles. The van der Waals surface area contributed by atoms with Crippen LogP contribution >= 0.6 is 0 Å². The largest absolute Gasteiger partial charge is 0.469 e. The van der Waals surface area contributed by atoms with Gasteiger partial charge in [0.2, 0.25) is 5.91 Å². The fourth-order valence-corrected chi connectivity index (χ4v) is 2.81. The molecule has 0 aromatic heterocycles. The number of morpholine rings is 1. The second-order valence-corrected chi connectivity index (χ2v) is 5.70. The highest BCUT2D eigenvalue weighted by Crippen LogP contribution is 2.25. The molecule has 5 heteroatoms. The Morgan fingerprint density at radius 2 is 1.96 bits per heavy atom. The van der Waals surface area contributed by atoms with E-state index < -0.39 is 0 Å². The van der Waals surface area contributed by atoms with Gasteiger partial charge >= 0.3 is 0 Å². The summed E-state index contributed by atoms with van der Waals surface area (Å²) in [5.41, 5.74) is 0. The number of amides is 1. The first-order chi connectivity index (χ1) is 11.2. The van der Waals surface area contributed by atoms with E-state index in [1.165, 1.54) is 6.92 Å². The number of hydrogen-bond acceptors (Lipinski definition) is 4. The minimum atomic E-state index is -0.378. The first-order valence-electron chi connectivity index (χ1n) is 7.94. The Balaban J connectivity index is 1.77. The first-order valence-corrected chi connectivity index (χ1v) is 7.94. The summed E-state index contributed by atoms with van der Waals surface area (Å²) in [4.78, 5) is 13.8. The van der Waals surface area contributed by atoms with Gasteiger partial charge in [-0.15, -0.1) is 0 Å². The van der Waals surface area contributed by atoms with E-state index >= 15 is 0 Å². The van der Waals surface area contributed by atoms with Crippen LogP contribution in [-0.4, -0.2) is 49.9 Å². The predicted octanol–water partition coefficient (Wildman–Crippen LogP) is 2.01. The van der Waals surface area contributed by atoms with Crippen molar-refractivity contribution >= 4 is 16.7 Å². The molecule has 1 fully saturated rings. The number of hydrogen-bond donors (Lipinski definition) is 1. The summed E-state index contributed by atoms with van der Waals surface area (Å²) in [7, 11) is 0. The van der Waals surface area contributed by atoms with E-state index in [-0.39, 0.29) is 12.1 Å². The highest BCUT2D eigenvalue weighted by molar-refractivity contribution is 5.88. The molecular weight excluding hydrogens is 292 g/mol. The zero-order valence-corrected chi connectivity index (χ0v) is 13.3. The Kier molecular flexibility index (Phi) is 5.10. The molecule has 23 heavy (non-hydrogen) atoms. The molecule has 0 aliphatic carbocycles. The zero-order chi connectivity index (χ0) is 16.1. The number of nitrogens with zero attached hydrogens (tertiary/aromatic N) is 1. The smallest absolute Gasteiger partial charge is 0.219 e. The van der Waals surface area contributed by atoms with Crippen LogP contribution in [0.25, 0.3) is 10.8 Å². The van der Waals surface area contributed by atoms with Crippen molar-refractivity contribution in [1.82, 2.24) is 10.2 Å². The monoisotopic (exact) mass is 314 g/mol. The van der Waals surface area contributed by atoms with E-state index in [4.69, 9.17) is 9.47 Å². The Bertz CT molecular complexity index is 663. The lowest BCUT2D eigenvalue weighted by molar-refractivity contribution is -0.121. The van der Waals surface area contributed by atoms with E-state index in [9.17, 15) is 4.79 Å². The highest BCUT2D eigenvalue weighted by atomic mass is 16.5. The Hall–Kier alpha value is -2.11. The van der Waals surface area contributed by atoms with Crippen molar-refractivity contribution in [2.24, 2.45) is 0 Å². The predicted molar refractivity (Wildman–Crippen MR) is 89.4 cm³/mol. The second kappa shape index (κ2) is 7.44. The minimum absolute atomic E-state index is 0.0940. The van der Waals surface area contributed by atoms with Crippen LogP contribution in [0.4, 0.5) is 0 Å². The molecule has 1 amide bonds. The summed E-state index contributed by atoms with van der Waals surface area (Å²) < 4.78 is 11.5. The van der Waals surface area contributed by atoms with Crippen LogP contribution in [-0.2, 0) is 9.53 Å². The fraction of sp³-hybridized carbons (Fsp3) is 0.389. The van der Waals surface area contributed by atoms with Gasteiger partial charge in [0.05, 0.1) is 19.8 Å². The molecule has 1 N–H and O–H groups in total. The summed E-state index contributed by atoms with van der Waals surface area (Å²) in [6.45, 7) is 5.32. The van der Waals surface area contributed by atoms with Gasteiger partial charge in [-0.3, -0.25) is 9.69 Å². The molecule has 1 unspecified atom stereocenters. The summed E-state index contributed by atoms with van der Waals surface area (Å²) in [5, 5.41) is 5.07. The second-order valence-electron chi connectivity index (χ2n) is 5.70. The van der Waals surface area contributed by atoms with Gasteiger partial charge in [-0.2, -0.15) is 0 Å². The first kappa shape index (κ1) is 15.8. The van der Waals surface area contributed by atoms with Crippen molar-refractivity contribution in [3.8, 4) is 5.75 Å². The van der Waals surface area contributed by atoms with Crippen molar-refractivity contribution in [1.29, 1.82) is 0 Å². The summed E-state index contributed by atoms with van der Waals surface area (Å²) in [6, 6.07) is 14.0.